The molecular weight excluding hydrogens is 346 g/mol. The summed E-state index contributed by atoms with van der Waals surface area (Å²) in [4.78, 5) is 25.7. The number of hydrogen-bond acceptors (Lipinski definition) is 3. The normalized spacial score (nSPS) is 19.8. The average Bonchev–Trinajstić information content (AvgIpc) is 3.21. The van der Waals surface area contributed by atoms with Crippen LogP contribution in [0.15, 0.2) is 54.6 Å². The molecule has 1 heterocycles. The molecule has 1 aliphatic rings. The van der Waals surface area contributed by atoms with E-state index >= 15 is 0 Å². The number of nitrogens with zero attached hydrogens (tertiary/aromatic N) is 1. The molecule has 136 valence electrons. The third-order valence-corrected chi connectivity index (χ3v) is 3.64. The molecule has 4 nitrogen and oxygen atoms in total. The molecule has 1 saturated heterocycles. The Hall–Kier alpha value is -1.84. The zero-order valence-electron chi connectivity index (χ0n) is 14.4. The van der Waals surface area contributed by atoms with E-state index in [9.17, 15) is 9.59 Å². The summed E-state index contributed by atoms with van der Waals surface area (Å²) in [6.07, 6.45) is -0.589. The minimum absolute atomic E-state index is 0. The van der Waals surface area contributed by atoms with Gasteiger partial charge in [0, 0.05) is 22.5 Å². The van der Waals surface area contributed by atoms with Gasteiger partial charge in [-0.1, -0.05) is 26.3 Å². The van der Waals surface area contributed by atoms with E-state index in [2.05, 4.69) is 0 Å². The Morgan fingerprint density at radius 2 is 1.58 bits per heavy atom. The maximum atomic E-state index is 12.4. The summed E-state index contributed by atoms with van der Waals surface area (Å²) in [6, 6.07) is 16.9. The van der Waals surface area contributed by atoms with Crippen LogP contribution in [0.25, 0.3) is 0 Å². The second-order valence-corrected chi connectivity index (χ2v) is 6.61. The molecule has 5 heteroatoms. The standard InChI is InChI=1S/C14H18NO3.C5H5.Fe/c1-9-12(16)18-11(10-7-5-6-8-10)15(9)13(17)14(2,3)4;1-2-4-5-3-1;/h5-9,11H,1-4H3;1-5H;/q-1;-5;/t9-,11-;;/m0../s1. The van der Waals surface area contributed by atoms with Crippen LogP contribution in [0.3, 0.4) is 0 Å². The molecule has 0 saturated carbocycles. The first kappa shape index (κ1) is 20.2. The van der Waals surface area contributed by atoms with Crippen LogP contribution >= 0.6 is 0 Å². The molecule has 1 fully saturated rings. The Balaban J connectivity index is 0.000000412. The fourth-order valence-corrected chi connectivity index (χ4v) is 2.35. The molecule has 1 aliphatic heterocycles. The maximum absolute atomic E-state index is 12.4. The Kier molecular flexibility index (Phi) is 7.00. The van der Waals surface area contributed by atoms with Gasteiger partial charge in [-0.05, 0) is 6.92 Å². The molecular formula is C19H23FeNO3-6. The van der Waals surface area contributed by atoms with E-state index in [0.29, 0.717) is 0 Å². The van der Waals surface area contributed by atoms with Crippen LogP contribution in [-0.4, -0.2) is 22.8 Å². The van der Waals surface area contributed by atoms with Crippen molar-refractivity contribution in [1.29, 1.82) is 0 Å². The van der Waals surface area contributed by atoms with Gasteiger partial charge in [-0.25, -0.2) is 16.9 Å². The van der Waals surface area contributed by atoms with Crippen molar-refractivity contribution in [3.05, 3.63) is 60.2 Å². The van der Waals surface area contributed by atoms with Crippen LogP contribution in [-0.2, 0) is 31.4 Å². The summed E-state index contributed by atoms with van der Waals surface area (Å²) < 4.78 is 5.31. The largest absolute Gasteiger partial charge is 0.748 e. The molecule has 2 aromatic carbocycles. The number of ether oxygens (including phenoxy) is 1. The minimum atomic E-state index is -0.589. The van der Waals surface area contributed by atoms with Gasteiger partial charge < -0.3 is 35.1 Å². The molecule has 2 atom stereocenters. The van der Waals surface area contributed by atoms with Crippen molar-refractivity contribution in [2.75, 3.05) is 0 Å². The fourth-order valence-electron chi connectivity index (χ4n) is 2.35. The second kappa shape index (κ2) is 8.31. The Bertz CT molecular complexity index is 609. The molecule has 0 unspecified atom stereocenters. The Labute approximate surface area is 154 Å². The number of carbonyl (C=O) groups excluding carboxylic acids is 2. The van der Waals surface area contributed by atoms with E-state index < -0.39 is 17.7 Å². The van der Waals surface area contributed by atoms with Gasteiger partial charge >= 0.3 is 5.97 Å². The number of rotatable bonds is 1. The number of cyclic esters (lactones) is 1. The van der Waals surface area contributed by atoms with E-state index in [0.717, 1.165) is 5.56 Å². The quantitative estimate of drug-likeness (QED) is 0.438. The molecule has 0 aromatic heterocycles. The molecule has 0 spiro atoms. The third kappa shape index (κ3) is 4.59. The number of amides is 1. The summed E-state index contributed by atoms with van der Waals surface area (Å²) in [7, 11) is 0. The van der Waals surface area contributed by atoms with E-state index in [-0.39, 0.29) is 28.9 Å². The van der Waals surface area contributed by atoms with Gasteiger partial charge in [0.05, 0.1) is 0 Å². The zero-order valence-corrected chi connectivity index (χ0v) is 15.5. The summed E-state index contributed by atoms with van der Waals surface area (Å²) in [5, 5.41) is 0. The second-order valence-electron chi connectivity index (χ2n) is 6.61. The van der Waals surface area contributed by atoms with Crippen molar-refractivity contribution < 1.29 is 31.4 Å². The molecule has 24 heavy (non-hydrogen) atoms. The summed E-state index contributed by atoms with van der Waals surface area (Å²) in [5.74, 6) is -0.425. The number of esters is 1. The zero-order chi connectivity index (χ0) is 17.0. The molecule has 2 aromatic rings. The van der Waals surface area contributed by atoms with Crippen molar-refractivity contribution in [2.24, 2.45) is 5.41 Å². The van der Waals surface area contributed by atoms with E-state index in [1.807, 2.05) is 75.4 Å². The molecule has 1 amide bonds. The van der Waals surface area contributed by atoms with Gasteiger partial charge in [0.2, 0.25) is 5.91 Å². The predicted octanol–water partition coefficient (Wildman–Crippen LogP) is 3.63. The third-order valence-electron chi connectivity index (χ3n) is 3.64. The molecule has 0 N–H and O–H groups in total. The van der Waals surface area contributed by atoms with E-state index in [1.165, 1.54) is 4.90 Å². The van der Waals surface area contributed by atoms with Crippen LogP contribution in [0, 0.1) is 5.41 Å². The van der Waals surface area contributed by atoms with Crippen molar-refractivity contribution in [2.45, 2.75) is 40.0 Å². The van der Waals surface area contributed by atoms with E-state index in [4.69, 9.17) is 4.74 Å². The molecule has 3 rings (SSSR count). The van der Waals surface area contributed by atoms with E-state index in [1.54, 1.807) is 6.92 Å². The summed E-state index contributed by atoms with van der Waals surface area (Å²) in [6.45, 7) is 7.22. The Morgan fingerprint density at radius 1 is 1.12 bits per heavy atom. The fraction of sp³-hybridized carbons (Fsp3) is 0.368. The molecule has 0 aliphatic carbocycles. The van der Waals surface area contributed by atoms with Crippen LogP contribution < -0.4 is 0 Å². The summed E-state index contributed by atoms with van der Waals surface area (Å²) >= 11 is 0. The van der Waals surface area contributed by atoms with Crippen LogP contribution in [0.4, 0.5) is 0 Å². The van der Waals surface area contributed by atoms with Gasteiger partial charge in [0.1, 0.15) is 6.04 Å². The number of hydrogen-bond donors (Lipinski definition) is 0. The molecule has 0 radical (unpaired) electrons. The maximum Gasteiger partial charge on any atom is 0.330 e. The molecule has 0 bridgehead atoms. The van der Waals surface area contributed by atoms with Crippen molar-refractivity contribution in [1.82, 2.24) is 4.90 Å². The number of carbonyl (C=O) groups is 2. The van der Waals surface area contributed by atoms with Crippen molar-refractivity contribution >= 4 is 11.9 Å². The van der Waals surface area contributed by atoms with Crippen LogP contribution in [0.2, 0.25) is 0 Å². The average molecular weight is 369 g/mol. The smallest absolute Gasteiger partial charge is 0.330 e. The monoisotopic (exact) mass is 369 g/mol. The topological polar surface area (TPSA) is 46.6 Å². The minimum Gasteiger partial charge on any atom is -0.748 e. The van der Waals surface area contributed by atoms with Gasteiger partial charge in [0.25, 0.3) is 0 Å². The van der Waals surface area contributed by atoms with Gasteiger partial charge in [-0.3, -0.25) is 9.69 Å². The van der Waals surface area contributed by atoms with Gasteiger partial charge in [-0.2, -0.15) is 12.1 Å². The van der Waals surface area contributed by atoms with Crippen LogP contribution in [0.5, 0.6) is 0 Å². The van der Waals surface area contributed by atoms with Crippen LogP contribution in [0.1, 0.15) is 39.5 Å². The predicted molar refractivity (Wildman–Crippen MR) is 88.7 cm³/mol. The Morgan fingerprint density at radius 3 is 2.00 bits per heavy atom. The first-order valence-electron chi connectivity index (χ1n) is 7.74. The first-order valence-corrected chi connectivity index (χ1v) is 7.74. The van der Waals surface area contributed by atoms with Gasteiger partial charge in [-0.15, -0.1) is 0 Å². The van der Waals surface area contributed by atoms with Crippen molar-refractivity contribution in [3.63, 3.8) is 0 Å². The van der Waals surface area contributed by atoms with Gasteiger partial charge in [0.15, 0.2) is 6.23 Å². The SMILES string of the molecule is C[C@H]1C(=O)O[C@@H]([c-]2cccc2)N1C(=O)C(C)(C)C.[Fe].[cH-]1[cH-][cH-][cH-][cH-]1. The summed E-state index contributed by atoms with van der Waals surface area (Å²) in [5.41, 5.74) is 0.304. The first-order chi connectivity index (χ1) is 10.8. The van der Waals surface area contributed by atoms with Crippen molar-refractivity contribution in [3.8, 4) is 0 Å².